The summed E-state index contributed by atoms with van der Waals surface area (Å²) >= 11 is 0. The Morgan fingerprint density at radius 3 is 2.12 bits per heavy atom. The Morgan fingerprint density at radius 1 is 0.938 bits per heavy atom. The minimum atomic E-state index is -0.679. The number of rotatable bonds is 11. The molecule has 2 aromatic rings. The SMILES string of the molecule is C=CCN(CC=C)C(=O)c1ccc(CN(C(=O)CCC(=O)NO)c2ccccc2O)cc1. The van der Waals surface area contributed by atoms with Crippen LogP contribution in [0.15, 0.2) is 73.8 Å². The third-order valence-corrected chi connectivity index (χ3v) is 4.69. The Balaban J connectivity index is 2.23. The third-order valence-electron chi connectivity index (χ3n) is 4.69. The second-order valence-electron chi connectivity index (χ2n) is 6.99. The fraction of sp³-hybridized carbons (Fsp3) is 0.208. The fourth-order valence-corrected chi connectivity index (χ4v) is 3.08. The second kappa shape index (κ2) is 12.1. The molecule has 0 aromatic heterocycles. The van der Waals surface area contributed by atoms with Crippen molar-refractivity contribution in [3.63, 3.8) is 0 Å². The molecule has 32 heavy (non-hydrogen) atoms. The van der Waals surface area contributed by atoms with Crippen molar-refractivity contribution in [2.45, 2.75) is 19.4 Å². The number of hydrogen-bond acceptors (Lipinski definition) is 5. The molecule has 0 atom stereocenters. The van der Waals surface area contributed by atoms with Crippen LogP contribution in [0.5, 0.6) is 5.75 Å². The molecule has 3 N–H and O–H groups in total. The third kappa shape index (κ3) is 6.55. The maximum absolute atomic E-state index is 12.8. The van der Waals surface area contributed by atoms with Crippen molar-refractivity contribution in [3.05, 3.63) is 85.0 Å². The Kier molecular flexibility index (Phi) is 9.19. The highest BCUT2D eigenvalue weighted by Crippen LogP contribution is 2.29. The van der Waals surface area contributed by atoms with E-state index in [2.05, 4.69) is 13.2 Å². The molecule has 8 nitrogen and oxygen atoms in total. The summed E-state index contributed by atoms with van der Waals surface area (Å²) in [6.45, 7) is 8.23. The number of hydroxylamine groups is 1. The van der Waals surface area contributed by atoms with E-state index in [0.717, 1.165) is 5.56 Å². The Hall–Kier alpha value is -3.91. The molecule has 2 rings (SSSR count). The van der Waals surface area contributed by atoms with E-state index in [0.29, 0.717) is 24.3 Å². The molecular formula is C24H27N3O5. The summed E-state index contributed by atoms with van der Waals surface area (Å²) in [5, 5.41) is 18.9. The molecule has 0 aliphatic rings. The summed E-state index contributed by atoms with van der Waals surface area (Å²) < 4.78 is 0. The van der Waals surface area contributed by atoms with Gasteiger partial charge in [-0.2, -0.15) is 0 Å². The fourth-order valence-electron chi connectivity index (χ4n) is 3.08. The van der Waals surface area contributed by atoms with Gasteiger partial charge in [0, 0.05) is 31.5 Å². The quantitative estimate of drug-likeness (QED) is 0.284. The number of nitrogens with zero attached hydrogens (tertiary/aromatic N) is 2. The first kappa shape index (κ1) is 24.4. The van der Waals surface area contributed by atoms with Crippen LogP contribution < -0.4 is 10.4 Å². The first-order valence-corrected chi connectivity index (χ1v) is 10.0. The van der Waals surface area contributed by atoms with E-state index >= 15 is 0 Å². The zero-order valence-electron chi connectivity index (χ0n) is 17.7. The first-order chi connectivity index (χ1) is 15.4. The standard InChI is InChI=1S/C24H27N3O5/c1-3-15-26(16-4-2)24(31)19-11-9-18(10-12-19)17-27(20-7-5-6-8-21(20)28)23(30)14-13-22(29)25-32/h3-12,28,32H,1-2,13-17H2,(H,25,29). The van der Waals surface area contributed by atoms with E-state index in [-0.39, 0.29) is 31.0 Å². The lowest BCUT2D eigenvalue weighted by Gasteiger charge is -2.24. The largest absolute Gasteiger partial charge is 0.506 e. The van der Waals surface area contributed by atoms with E-state index in [4.69, 9.17) is 5.21 Å². The van der Waals surface area contributed by atoms with Gasteiger partial charge in [-0.3, -0.25) is 19.6 Å². The van der Waals surface area contributed by atoms with E-state index < -0.39 is 11.8 Å². The van der Waals surface area contributed by atoms with Crippen molar-refractivity contribution in [3.8, 4) is 5.75 Å². The molecule has 168 valence electrons. The molecule has 0 fully saturated rings. The van der Waals surface area contributed by atoms with Crippen molar-refractivity contribution in [2.24, 2.45) is 0 Å². The van der Waals surface area contributed by atoms with Crippen LogP contribution in [0.1, 0.15) is 28.8 Å². The molecule has 2 aromatic carbocycles. The monoisotopic (exact) mass is 437 g/mol. The van der Waals surface area contributed by atoms with Gasteiger partial charge in [0.15, 0.2) is 0 Å². The molecule has 0 unspecified atom stereocenters. The minimum Gasteiger partial charge on any atom is -0.506 e. The van der Waals surface area contributed by atoms with Gasteiger partial charge in [-0.1, -0.05) is 36.4 Å². The maximum atomic E-state index is 12.8. The summed E-state index contributed by atoms with van der Waals surface area (Å²) in [6, 6.07) is 13.2. The van der Waals surface area contributed by atoms with Crippen LogP contribution in [0.2, 0.25) is 0 Å². The molecule has 0 radical (unpaired) electrons. The predicted octanol–water partition coefficient (Wildman–Crippen LogP) is 3.03. The lowest BCUT2D eigenvalue weighted by molar-refractivity contribution is -0.131. The summed E-state index contributed by atoms with van der Waals surface area (Å²) in [4.78, 5) is 39.8. The molecule has 8 heteroatoms. The number of phenols is 1. The van der Waals surface area contributed by atoms with Crippen molar-refractivity contribution in [1.29, 1.82) is 0 Å². The van der Waals surface area contributed by atoms with Gasteiger partial charge in [-0.05, 0) is 29.8 Å². The number of carbonyl (C=O) groups excluding carboxylic acids is 3. The van der Waals surface area contributed by atoms with Crippen LogP contribution in [0.3, 0.4) is 0 Å². The number of amides is 3. The Labute approximate surface area is 187 Å². The summed E-state index contributed by atoms with van der Waals surface area (Å²) in [5.74, 6) is -1.33. The molecule has 0 bridgehead atoms. The number of nitrogens with one attached hydrogen (secondary N) is 1. The van der Waals surface area contributed by atoms with Crippen LogP contribution in [0.4, 0.5) is 5.69 Å². The summed E-state index contributed by atoms with van der Waals surface area (Å²) in [7, 11) is 0. The highest BCUT2D eigenvalue weighted by atomic mass is 16.5. The number of para-hydroxylation sites is 2. The van der Waals surface area contributed by atoms with E-state index in [1.807, 2.05) is 0 Å². The number of anilines is 1. The topological polar surface area (TPSA) is 110 Å². The number of carbonyl (C=O) groups is 3. The van der Waals surface area contributed by atoms with Gasteiger partial charge in [0.05, 0.1) is 12.2 Å². The molecule has 0 heterocycles. The Morgan fingerprint density at radius 2 is 1.56 bits per heavy atom. The second-order valence-corrected chi connectivity index (χ2v) is 6.99. The van der Waals surface area contributed by atoms with Gasteiger partial charge < -0.3 is 14.9 Å². The van der Waals surface area contributed by atoms with Gasteiger partial charge in [-0.25, -0.2) is 5.48 Å². The number of aromatic hydroxyl groups is 1. The van der Waals surface area contributed by atoms with Crippen LogP contribution >= 0.6 is 0 Å². The van der Waals surface area contributed by atoms with Crippen LogP contribution in [0, 0.1) is 0 Å². The average Bonchev–Trinajstić information content (AvgIpc) is 2.81. The van der Waals surface area contributed by atoms with Gasteiger partial charge in [0.25, 0.3) is 5.91 Å². The molecule has 0 saturated heterocycles. The molecule has 0 aliphatic heterocycles. The zero-order valence-corrected chi connectivity index (χ0v) is 17.7. The predicted molar refractivity (Wildman–Crippen MR) is 121 cm³/mol. The Bertz CT molecular complexity index is 962. The van der Waals surface area contributed by atoms with E-state index in [1.54, 1.807) is 59.5 Å². The first-order valence-electron chi connectivity index (χ1n) is 10.0. The highest BCUT2D eigenvalue weighted by Gasteiger charge is 2.20. The zero-order chi connectivity index (χ0) is 23.5. The van der Waals surface area contributed by atoms with Crippen molar-refractivity contribution in [1.82, 2.24) is 10.4 Å². The van der Waals surface area contributed by atoms with Gasteiger partial charge in [0.2, 0.25) is 11.8 Å². The average molecular weight is 437 g/mol. The van der Waals surface area contributed by atoms with Crippen LogP contribution in [-0.4, -0.2) is 46.0 Å². The molecule has 0 saturated carbocycles. The summed E-state index contributed by atoms with van der Waals surface area (Å²) in [6.07, 6.45) is 2.93. The van der Waals surface area contributed by atoms with Crippen molar-refractivity contribution >= 4 is 23.4 Å². The molecule has 0 spiro atoms. The minimum absolute atomic E-state index is 0.0799. The highest BCUT2D eigenvalue weighted by molar-refractivity contribution is 5.97. The molecule has 0 aliphatic carbocycles. The lowest BCUT2D eigenvalue weighted by atomic mass is 10.1. The normalized spacial score (nSPS) is 10.2. The van der Waals surface area contributed by atoms with Crippen molar-refractivity contribution < 1.29 is 24.7 Å². The van der Waals surface area contributed by atoms with E-state index in [1.165, 1.54) is 16.4 Å². The van der Waals surface area contributed by atoms with Gasteiger partial charge >= 0.3 is 0 Å². The smallest absolute Gasteiger partial charge is 0.254 e. The lowest BCUT2D eigenvalue weighted by Crippen LogP contribution is -2.32. The van der Waals surface area contributed by atoms with Crippen molar-refractivity contribution in [2.75, 3.05) is 18.0 Å². The van der Waals surface area contributed by atoms with Gasteiger partial charge in [-0.15, -0.1) is 13.2 Å². The molecular weight excluding hydrogens is 410 g/mol. The van der Waals surface area contributed by atoms with Crippen LogP contribution in [-0.2, 0) is 16.1 Å². The summed E-state index contributed by atoms with van der Waals surface area (Å²) in [5.41, 5.74) is 3.00. The number of benzene rings is 2. The van der Waals surface area contributed by atoms with Crippen LogP contribution in [0.25, 0.3) is 0 Å². The maximum Gasteiger partial charge on any atom is 0.254 e. The number of hydrogen-bond donors (Lipinski definition) is 3. The van der Waals surface area contributed by atoms with Gasteiger partial charge in [0.1, 0.15) is 5.75 Å². The number of phenolic OH excluding ortho intramolecular Hbond substituents is 1. The van der Waals surface area contributed by atoms with E-state index in [9.17, 15) is 19.5 Å². The molecule has 3 amide bonds.